The standard InChI is InChI=1S/C13H20N2O3/c1-18-9-11(16)8-15-13(17)12-5-3-2-4-10(12)6-7-14/h2-5,11,16H,6-9,14H2,1H3,(H,15,17). The Hall–Kier alpha value is -1.43. The molecular formula is C13H20N2O3. The van der Waals surface area contributed by atoms with Gasteiger partial charge in [-0.15, -0.1) is 0 Å². The van der Waals surface area contributed by atoms with E-state index >= 15 is 0 Å². The molecule has 0 fully saturated rings. The molecular weight excluding hydrogens is 232 g/mol. The molecule has 0 radical (unpaired) electrons. The first-order chi connectivity index (χ1) is 8.69. The summed E-state index contributed by atoms with van der Waals surface area (Å²) in [6.45, 7) is 0.866. The quantitative estimate of drug-likeness (QED) is 0.634. The van der Waals surface area contributed by atoms with Crippen molar-refractivity contribution in [3.63, 3.8) is 0 Å². The molecule has 5 nitrogen and oxygen atoms in total. The molecule has 18 heavy (non-hydrogen) atoms. The maximum Gasteiger partial charge on any atom is 0.251 e. The smallest absolute Gasteiger partial charge is 0.251 e. The number of rotatable bonds is 7. The molecule has 1 atom stereocenters. The summed E-state index contributed by atoms with van der Waals surface area (Å²) < 4.78 is 4.79. The Kier molecular flexibility index (Phi) is 6.35. The van der Waals surface area contributed by atoms with Crippen molar-refractivity contribution in [2.45, 2.75) is 12.5 Å². The van der Waals surface area contributed by atoms with Crippen LogP contribution in [0.5, 0.6) is 0 Å². The van der Waals surface area contributed by atoms with Gasteiger partial charge in [0.2, 0.25) is 0 Å². The van der Waals surface area contributed by atoms with Gasteiger partial charge in [0.1, 0.15) is 0 Å². The number of aliphatic hydroxyl groups excluding tert-OH is 1. The topological polar surface area (TPSA) is 84.6 Å². The highest BCUT2D eigenvalue weighted by molar-refractivity contribution is 5.95. The van der Waals surface area contributed by atoms with Gasteiger partial charge in [0, 0.05) is 19.2 Å². The molecule has 0 saturated heterocycles. The Morgan fingerprint density at radius 2 is 2.22 bits per heavy atom. The number of ether oxygens (including phenoxy) is 1. The second kappa shape index (κ2) is 7.81. The van der Waals surface area contributed by atoms with Crippen LogP contribution < -0.4 is 11.1 Å². The normalized spacial score (nSPS) is 12.2. The molecule has 1 amide bonds. The Balaban J connectivity index is 2.60. The van der Waals surface area contributed by atoms with Gasteiger partial charge in [0.05, 0.1) is 12.7 Å². The lowest BCUT2D eigenvalue weighted by Gasteiger charge is -2.12. The van der Waals surface area contributed by atoms with E-state index in [-0.39, 0.29) is 19.1 Å². The second-order valence-corrected chi connectivity index (χ2v) is 4.02. The van der Waals surface area contributed by atoms with Crippen LogP contribution in [0.2, 0.25) is 0 Å². The summed E-state index contributed by atoms with van der Waals surface area (Å²) in [7, 11) is 1.50. The third-order valence-corrected chi connectivity index (χ3v) is 2.53. The first-order valence-electron chi connectivity index (χ1n) is 5.92. The minimum atomic E-state index is -0.694. The van der Waals surface area contributed by atoms with Gasteiger partial charge < -0.3 is 20.9 Å². The Bertz CT molecular complexity index is 382. The summed E-state index contributed by atoms with van der Waals surface area (Å²) in [5, 5.41) is 12.1. The van der Waals surface area contributed by atoms with E-state index in [0.29, 0.717) is 18.5 Å². The molecule has 1 aromatic rings. The van der Waals surface area contributed by atoms with Crippen LogP contribution in [0.15, 0.2) is 24.3 Å². The number of hydrogen-bond donors (Lipinski definition) is 3. The lowest BCUT2D eigenvalue weighted by molar-refractivity contribution is 0.0609. The van der Waals surface area contributed by atoms with Crippen molar-refractivity contribution in [1.82, 2.24) is 5.32 Å². The number of carbonyl (C=O) groups excluding carboxylic acids is 1. The Labute approximate surface area is 107 Å². The summed E-state index contributed by atoms with van der Waals surface area (Å²) in [4.78, 5) is 11.9. The zero-order valence-corrected chi connectivity index (χ0v) is 10.6. The van der Waals surface area contributed by atoms with Crippen molar-refractivity contribution in [2.24, 2.45) is 5.73 Å². The van der Waals surface area contributed by atoms with Gasteiger partial charge in [-0.2, -0.15) is 0 Å². The maximum absolute atomic E-state index is 11.9. The molecule has 4 N–H and O–H groups in total. The molecule has 0 spiro atoms. The number of nitrogens with one attached hydrogen (secondary N) is 1. The van der Waals surface area contributed by atoms with Crippen molar-refractivity contribution in [3.05, 3.63) is 35.4 Å². The van der Waals surface area contributed by atoms with Crippen LogP contribution in [0.1, 0.15) is 15.9 Å². The number of hydrogen-bond acceptors (Lipinski definition) is 4. The van der Waals surface area contributed by atoms with Gasteiger partial charge in [-0.3, -0.25) is 4.79 Å². The van der Waals surface area contributed by atoms with Crippen LogP contribution in [0.3, 0.4) is 0 Å². The third kappa shape index (κ3) is 4.44. The molecule has 1 unspecified atom stereocenters. The minimum absolute atomic E-state index is 0.170. The predicted molar refractivity (Wildman–Crippen MR) is 69.4 cm³/mol. The molecule has 0 saturated carbocycles. The molecule has 5 heteroatoms. The number of carbonyl (C=O) groups is 1. The van der Waals surface area contributed by atoms with Crippen molar-refractivity contribution in [3.8, 4) is 0 Å². The lowest BCUT2D eigenvalue weighted by Crippen LogP contribution is -2.34. The first kappa shape index (κ1) is 14.6. The van der Waals surface area contributed by atoms with E-state index in [4.69, 9.17) is 10.5 Å². The molecule has 0 heterocycles. The fourth-order valence-corrected chi connectivity index (χ4v) is 1.67. The monoisotopic (exact) mass is 252 g/mol. The number of amides is 1. The van der Waals surface area contributed by atoms with Gasteiger partial charge in [0.25, 0.3) is 5.91 Å². The zero-order chi connectivity index (χ0) is 13.4. The van der Waals surface area contributed by atoms with Gasteiger partial charge >= 0.3 is 0 Å². The van der Waals surface area contributed by atoms with E-state index in [0.717, 1.165) is 5.56 Å². The largest absolute Gasteiger partial charge is 0.389 e. The van der Waals surface area contributed by atoms with Crippen LogP contribution in [-0.2, 0) is 11.2 Å². The second-order valence-electron chi connectivity index (χ2n) is 4.02. The summed E-state index contributed by atoms with van der Waals surface area (Å²) in [6.07, 6.45) is -0.0369. The predicted octanol–water partition coefficient (Wildman–Crippen LogP) is -0.0751. The van der Waals surface area contributed by atoms with Crippen molar-refractivity contribution in [2.75, 3.05) is 26.8 Å². The third-order valence-electron chi connectivity index (χ3n) is 2.53. The molecule has 0 aliphatic carbocycles. The molecule has 1 aromatic carbocycles. The summed E-state index contributed by atoms with van der Waals surface area (Å²) in [5.41, 5.74) is 7.02. The van der Waals surface area contributed by atoms with Gasteiger partial charge in [-0.1, -0.05) is 18.2 Å². The van der Waals surface area contributed by atoms with E-state index in [9.17, 15) is 9.90 Å². The summed E-state index contributed by atoms with van der Waals surface area (Å²) in [5.74, 6) is -0.200. The van der Waals surface area contributed by atoms with E-state index < -0.39 is 6.10 Å². The minimum Gasteiger partial charge on any atom is -0.389 e. The zero-order valence-electron chi connectivity index (χ0n) is 10.6. The van der Waals surface area contributed by atoms with E-state index in [1.165, 1.54) is 7.11 Å². The van der Waals surface area contributed by atoms with Gasteiger partial charge in [0.15, 0.2) is 0 Å². The van der Waals surface area contributed by atoms with Crippen molar-refractivity contribution < 1.29 is 14.6 Å². The van der Waals surface area contributed by atoms with Crippen LogP contribution in [0, 0.1) is 0 Å². The fourth-order valence-electron chi connectivity index (χ4n) is 1.67. The van der Waals surface area contributed by atoms with E-state index in [2.05, 4.69) is 5.32 Å². The highest BCUT2D eigenvalue weighted by Gasteiger charge is 2.11. The SMILES string of the molecule is COCC(O)CNC(=O)c1ccccc1CCN. The van der Waals surface area contributed by atoms with E-state index in [1.54, 1.807) is 12.1 Å². The van der Waals surface area contributed by atoms with Crippen LogP contribution >= 0.6 is 0 Å². The Morgan fingerprint density at radius 3 is 2.89 bits per heavy atom. The average Bonchev–Trinajstić information content (AvgIpc) is 2.37. The van der Waals surface area contributed by atoms with Crippen molar-refractivity contribution >= 4 is 5.91 Å². The molecule has 100 valence electrons. The molecule has 0 bridgehead atoms. The first-order valence-corrected chi connectivity index (χ1v) is 5.92. The number of benzene rings is 1. The summed E-state index contributed by atoms with van der Waals surface area (Å²) >= 11 is 0. The van der Waals surface area contributed by atoms with E-state index in [1.807, 2.05) is 12.1 Å². The lowest BCUT2D eigenvalue weighted by atomic mass is 10.0. The van der Waals surface area contributed by atoms with Crippen molar-refractivity contribution in [1.29, 1.82) is 0 Å². The highest BCUT2D eigenvalue weighted by Crippen LogP contribution is 2.08. The average molecular weight is 252 g/mol. The molecule has 0 aliphatic rings. The molecule has 1 rings (SSSR count). The highest BCUT2D eigenvalue weighted by atomic mass is 16.5. The van der Waals surface area contributed by atoms with Gasteiger partial charge in [-0.05, 0) is 24.6 Å². The Morgan fingerprint density at radius 1 is 1.50 bits per heavy atom. The molecule has 0 aliphatic heterocycles. The fraction of sp³-hybridized carbons (Fsp3) is 0.462. The summed E-state index contributed by atoms with van der Waals surface area (Å²) in [6, 6.07) is 7.32. The van der Waals surface area contributed by atoms with Gasteiger partial charge in [-0.25, -0.2) is 0 Å². The van der Waals surface area contributed by atoms with Crippen LogP contribution in [-0.4, -0.2) is 43.9 Å². The number of nitrogens with two attached hydrogens (primary N) is 1. The number of aliphatic hydroxyl groups is 1. The number of methoxy groups -OCH3 is 1. The van der Waals surface area contributed by atoms with Crippen LogP contribution in [0.4, 0.5) is 0 Å². The van der Waals surface area contributed by atoms with Crippen LogP contribution in [0.25, 0.3) is 0 Å². The molecule has 0 aromatic heterocycles. The maximum atomic E-state index is 11.9.